The van der Waals surface area contributed by atoms with Crippen LogP contribution in [-0.4, -0.2) is 58.5 Å². The van der Waals surface area contributed by atoms with Crippen molar-refractivity contribution < 1.29 is 18.7 Å². The van der Waals surface area contributed by atoms with Crippen molar-refractivity contribution in [2.45, 2.75) is 38.8 Å². The van der Waals surface area contributed by atoms with E-state index >= 15 is 0 Å². The number of rotatable bonds is 3. The number of carbonyl (C=O) groups excluding carboxylic acids is 1. The first-order valence-electron chi connectivity index (χ1n) is 13.2. The fourth-order valence-electron chi connectivity index (χ4n) is 5.73. The molecule has 4 heterocycles. The van der Waals surface area contributed by atoms with Gasteiger partial charge in [-0.05, 0) is 49.4 Å². The molecule has 2 aliphatic rings. The van der Waals surface area contributed by atoms with Crippen molar-refractivity contribution in [2.24, 2.45) is 5.92 Å². The van der Waals surface area contributed by atoms with Crippen LogP contribution in [-0.2, 0) is 9.47 Å². The molecule has 1 amide bonds. The van der Waals surface area contributed by atoms with Gasteiger partial charge >= 0.3 is 0 Å². The van der Waals surface area contributed by atoms with Gasteiger partial charge in [0.25, 0.3) is 11.5 Å². The second-order valence-corrected chi connectivity index (χ2v) is 10.5. The molecule has 9 heteroatoms. The topological polar surface area (TPSA) is 89.5 Å². The zero-order valence-corrected chi connectivity index (χ0v) is 21.6. The fourth-order valence-corrected chi connectivity index (χ4v) is 5.73. The number of aromatic amines is 1. The molecule has 4 aromatic rings. The Morgan fingerprint density at radius 2 is 1.92 bits per heavy atom. The van der Waals surface area contributed by atoms with E-state index in [1.807, 2.05) is 24.6 Å². The minimum absolute atomic E-state index is 0.0877. The summed E-state index contributed by atoms with van der Waals surface area (Å²) in [5.41, 5.74) is 2.90. The monoisotopic (exact) mass is 518 g/mol. The van der Waals surface area contributed by atoms with Gasteiger partial charge in [-0.15, -0.1) is 0 Å². The fraction of sp³-hybridized carbons (Fsp3) is 0.414. The molecule has 2 atom stereocenters. The summed E-state index contributed by atoms with van der Waals surface area (Å²) in [7, 11) is 0. The van der Waals surface area contributed by atoms with Crippen molar-refractivity contribution in [1.29, 1.82) is 0 Å². The SMILES string of the molecule is Cc1cc2c(cc1C(=O)N1CC(C)COC(c3ccccc3F)C1)[nH]c(=O)c1cnn(C3CCOCC3)c12. The van der Waals surface area contributed by atoms with Crippen LogP contribution in [0.5, 0.6) is 0 Å². The number of hydrogen-bond donors (Lipinski definition) is 1. The lowest BCUT2D eigenvalue weighted by atomic mass is 10.0. The molecule has 198 valence electrons. The van der Waals surface area contributed by atoms with Crippen LogP contribution in [0.2, 0.25) is 0 Å². The van der Waals surface area contributed by atoms with E-state index in [1.54, 1.807) is 35.4 Å². The number of ether oxygens (including phenoxy) is 2. The highest BCUT2D eigenvalue weighted by Gasteiger charge is 2.30. The Hall–Kier alpha value is -3.56. The number of hydrogen-bond acceptors (Lipinski definition) is 5. The number of pyridine rings is 1. The van der Waals surface area contributed by atoms with Crippen molar-refractivity contribution in [2.75, 3.05) is 32.9 Å². The molecule has 8 nitrogen and oxygen atoms in total. The van der Waals surface area contributed by atoms with Gasteiger partial charge in [0.2, 0.25) is 0 Å². The van der Waals surface area contributed by atoms with Gasteiger partial charge in [0.1, 0.15) is 11.9 Å². The zero-order valence-electron chi connectivity index (χ0n) is 21.6. The molecule has 0 saturated carbocycles. The molecule has 6 rings (SSSR count). The first kappa shape index (κ1) is 24.8. The maximum atomic E-state index is 14.6. The van der Waals surface area contributed by atoms with Gasteiger partial charge in [-0.3, -0.25) is 14.3 Å². The Balaban J connectivity index is 1.40. The molecule has 38 heavy (non-hydrogen) atoms. The highest BCUT2D eigenvalue weighted by atomic mass is 19.1. The van der Waals surface area contributed by atoms with E-state index < -0.39 is 6.10 Å². The van der Waals surface area contributed by atoms with Crippen LogP contribution >= 0.6 is 0 Å². The number of benzene rings is 2. The summed E-state index contributed by atoms with van der Waals surface area (Å²) in [4.78, 5) is 31.6. The van der Waals surface area contributed by atoms with E-state index in [9.17, 15) is 14.0 Å². The summed E-state index contributed by atoms with van der Waals surface area (Å²) < 4.78 is 28.1. The normalized spacial score (nSPS) is 21.2. The van der Waals surface area contributed by atoms with Crippen LogP contribution in [0.25, 0.3) is 21.8 Å². The van der Waals surface area contributed by atoms with Gasteiger partial charge in [0.15, 0.2) is 0 Å². The number of nitrogens with zero attached hydrogens (tertiary/aromatic N) is 3. The van der Waals surface area contributed by atoms with E-state index in [-0.39, 0.29) is 35.8 Å². The van der Waals surface area contributed by atoms with Crippen molar-refractivity contribution in [1.82, 2.24) is 19.7 Å². The van der Waals surface area contributed by atoms with Crippen LogP contribution in [0.3, 0.4) is 0 Å². The molecule has 2 aromatic heterocycles. The van der Waals surface area contributed by atoms with E-state index in [0.29, 0.717) is 48.4 Å². The molecule has 0 radical (unpaired) electrons. The number of aromatic nitrogens is 3. The standard InChI is InChI=1S/C29H31FN4O4/c1-17-14-33(15-26(38-16-17)20-5-3-4-6-24(20)30)29(36)21-12-25-22(11-18(21)2)27-23(28(35)32-25)13-31-34(27)19-7-9-37-10-8-19/h3-6,11-13,17,19,26H,7-10,14-16H2,1-2H3,(H,32,35). The second-order valence-electron chi connectivity index (χ2n) is 10.5. The van der Waals surface area contributed by atoms with Gasteiger partial charge in [0.05, 0.1) is 41.8 Å². The molecule has 2 aliphatic heterocycles. The summed E-state index contributed by atoms with van der Waals surface area (Å²) in [5.74, 6) is -0.421. The number of nitrogens with one attached hydrogen (secondary N) is 1. The van der Waals surface area contributed by atoms with Crippen molar-refractivity contribution in [3.8, 4) is 0 Å². The van der Waals surface area contributed by atoms with Gasteiger partial charge in [-0.2, -0.15) is 5.10 Å². The number of H-pyrrole nitrogens is 1. The molecular weight excluding hydrogens is 487 g/mol. The summed E-state index contributed by atoms with van der Waals surface area (Å²) in [6.45, 7) is 6.42. The van der Waals surface area contributed by atoms with Crippen LogP contribution in [0, 0.1) is 18.7 Å². The van der Waals surface area contributed by atoms with Crippen LogP contribution in [0.1, 0.15) is 53.4 Å². The summed E-state index contributed by atoms with van der Waals surface area (Å²) in [5, 5.41) is 5.97. The lowest BCUT2D eigenvalue weighted by Gasteiger charge is -2.26. The predicted molar refractivity (Wildman–Crippen MR) is 142 cm³/mol. The molecule has 2 fully saturated rings. The third kappa shape index (κ3) is 4.39. The molecule has 1 N–H and O–H groups in total. The highest BCUT2D eigenvalue weighted by Crippen LogP contribution is 2.31. The van der Waals surface area contributed by atoms with Gasteiger partial charge < -0.3 is 19.4 Å². The Morgan fingerprint density at radius 3 is 2.71 bits per heavy atom. The third-order valence-corrected chi connectivity index (χ3v) is 7.71. The molecule has 2 unspecified atom stereocenters. The first-order chi connectivity index (χ1) is 18.4. The molecular formula is C29H31FN4O4. The Labute approximate surface area is 219 Å². The van der Waals surface area contributed by atoms with Gasteiger partial charge in [-0.1, -0.05) is 25.1 Å². The average molecular weight is 519 g/mol. The van der Waals surface area contributed by atoms with Crippen LogP contribution < -0.4 is 5.56 Å². The largest absolute Gasteiger partial charge is 0.381 e. The second kappa shape index (κ2) is 9.96. The minimum Gasteiger partial charge on any atom is -0.381 e. The number of aryl methyl sites for hydroxylation is 1. The van der Waals surface area contributed by atoms with Crippen LogP contribution in [0.4, 0.5) is 4.39 Å². The molecule has 2 saturated heterocycles. The van der Waals surface area contributed by atoms with Gasteiger partial charge in [0, 0.05) is 36.3 Å². The number of halogens is 1. The molecule has 0 bridgehead atoms. The predicted octanol–water partition coefficient (Wildman–Crippen LogP) is 4.53. The van der Waals surface area contributed by atoms with Crippen molar-refractivity contribution >= 4 is 27.7 Å². The Bertz CT molecular complexity index is 1570. The van der Waals surface area contributed by atoms with E-state index in [0.717, 1.165) is 29.3 Å². The van der Waals surface area contributed by atoms with Crippen LogP contribution in [0.15, 0.2) is 47.4 Å². The summed E-state index contributed by atoms with van der Waals surface area (Å²) in [6.07, 6.45) is 2.73. The maximum absolute atomic E-state index is 14.6. The smallest absolute Gasteiger partial charge is 0.259 e. The van der Waals surface area contributed by atoms with E-state index in [2.05, 4.69) is 10.1 Å². The lowest BCUT2D eigenvalue weighted by molar-refractivity contribution is 0.0393. The summed E-state index contributed by atoms with van der Waals surface area (Å²) in [6, 6.07) is 10.4. The quantitative estimate of drug-likeness (QED) is 0.431. The average Bonchev–Trinajstić information content (AvgIpc) is 3.28. The van der Waals surface area contributed by atoms with E-state index in [1.165, 1.54) is 6.07 Å². The molecule has 0 aliphatic carbocycles. The number of carbonyl (C=O) groups is 1. The Morgan fingerprint density at radius 1 is 1.13 bits per heavy atom. The van der Waals surface area contributed by atoms with Gasteiger partial charge in [-0.25, -0.2) is 4.39 Å². The third-order valence-electron chi connectivity index (χ3n) is 7.71. The molecule has 2 aromatic carbocycles. The zero-order chi connectivity index (χ0) is 26.4. The maximum Gasteiger partial charge on any atom is 0.259 e. The number of fused-ring (bicyclic) bond motifs is 3. The van der Waals surface area contributed by atoms with Crippen molar-refractivity contribution in [3.63, 3.8) is 0 Å². The summed E-state index contributed by atoms with van der Waals surface area (Å²) >= 11 is 0. The first-order valence-corrected chi connectivity index (χ1v) is 13.2. The highest BCUT2D eigenvalue weighted by molar-refractivity contribution is 6.07. The number of amides is 1. The Kier molecular flexibility index (Phi) is 6.49. The lowest BCUT2D eigenvalue weighted by Crippen LogP contribution is -2.36. The molecule has 0 spiro atoms. The van der Waals surface area contributed by atoms with E-state index in [4.69, 9.17) is 9.47 Å². The van der Waals surface area contributed by atoms with Crippen molar-refractivity contribution in [3.05, 3.63) is 75.5 Å². The minimum atomic E-state index is -0.556.